The van der Waals surface area contributed by atoms with Gasteiger partial charge in [-0.3, -0.25) is 4.79 Å². The van der Waals surface area contributed by atoms with Crippen LogP contribution in [0.25, 0.3) is 0 Å². The molecule has 1 rings (SSSR count). The van der Waals surface area contributed by atoms with E-state index >= 15 is 0 Å². The molecule has 2 N–H and O–H groups in total. The van der Waals surface area contributed by atoms with E-state index in [1.807, 2.05) is 25.7 Å². The molecule has 20 heavy (non-hydrogen) atoms. The van der Waals surface area contributed by atoms with Gasteiger partial charge in [0.05, 0.1) is 6.61 Å². The fourth-order valence-corrected chi connectivity index (χ4v) is 4.20. The van der Waals surface area contributed by atoms with Crippen molar-refractivity contribution in [2.45, 2.75) is 56.7 Å². The smallest absolute Gasteiger partial charge is 0.326 e. The predicted octanol–water partition coefficient (Wildman–Crippen LogP) is 2.20. The van der Waals surface area contributed by atoms with Crippen molar-refractivity contribution in [3.05, 3.63) is 0 Å². The Morgan fingerprint density at radius 1 is 1.60 bits per heavy atom. The Morgan fingerprint density at radius 2 is 2.35 bits per heavy atom. The van der Waals surface area contributed by atoms with Crippen LogP contribution in [0.4, 0.5) is 0 Å². The molecule has 4 nitrogen and oxygen atoms in total. The molecule has 0 aromatic rings. The SMILES string of the molecule is CCOC(=O)C1(NC)CCCC1CCSC(C)CCO. The number of aliphatic hydroxyl groups excluding tert-OH is 1. The molecule has 1 aliphatic carbocycles. The van der Waals surface area contributed by atoms with Crippen LogP contribution in [-0.2, 0) is 9.53 Å². The number of hydrogen-bond donors (Lipinski definition) is 2. The Hall–Kier alpha value is -0.260. The minimum Gasteiger partial charge on any atom is -0.465 e. The lowest BCUT2D eigenvalue weighted by atomic mass is 9.85. The average Bonchev–Trinajstić information content (AvgIpc) is 2.83. The van der Waals surface area contributed by atoms with Gasteiger partial charge >= 0.3 is 5.97 Å². The van der Waals surface area contributed by atoms with E-state index in [0.717, 1.165) is 37.9 Å². The second-order valence-electron chi connectivity index (χ2n) is 5.51. The van der Waals surface area contributed by atoms with Crippen LogP contribution in [-0.4, -0.2) is 47.9 Å². The van der Waals surface area contributed by atoms with Crippen molar-refractivity contribution in [1.82, 2.24) is 5.32 Å². The van der Waals surface area contributed by atoms with Crippen LogP contribution >= 0.6 is 11.8 Å². The average molecular weight is 303 g/mol. The maximum absolute atomic E-state index is 12.3. The van der Waals surface area contributed by atoms with Gasteiger partial charge < -0.3 is 15.2 Å². The summed E-state index contributed by atoms with van der Waals surface area (Å²) >= 11 is 1.88. The predicted molar refractivity (Wildman–Crippen MR) is 84.0 cm³/mol. The number of hydrogen-bond acceptors (Lipinski definition) is 5. The Bertz CT molecular complexity index is 301. The summed E-state index contributed by atoms with van der Waals surface area (Å²) in [7, 11) is 1.87. The Kier molecular flexibility index (Phi) is 7.92. The highest BCUT2D eigenvalue weighted by Gasteiger charge is 2.48. The molecule has 5 heteroatoms. The summed E-state index contributed by atoms with van der Waals surface area (Å²) in [5.41, 5.74) is -0.475. The van der Waals surface area contributed by atoms with Gasteiger partial charge in [-0.1, -0.05) is 13.3 Å². The summed E-state index contributed by atoms with van der Waals surface area (Å²) in [6, 6.07) is 0. The summed E-state index contributed by atoms with van der Waals surface area (Å²) < 4.78 is 5.27. The molecule has 0 spiro atoms. The summed E-state index contributed by atoms with van der Waals surface area (Å²) in [5.74, 6) is 1.31. The second-order valence-corrected chi connectivity index (χ2v) is 7.06. The Morgan fingerprint density at radius 3 is 2.95 bits per heavy atom. The number of thioether (sulfide) groups is 1. The van der Waals surface area contributed by atoms with Gasteiger partial charge in [0.25, 0.3) is 0 Å². The number of aliphatic hydroxyl groups is 1. The van der Waals surface area contributed by atoms with Crippen LogP contribution in [0, 0.1) is 5.92 Å². The van der Waals surface area contributed by atoms with Gasteiger partial charge in [-0.05, 0) is 51.3 Å². The molecule has 3 atom stereocenters. The van der Waals surface area contributed by atoms with Gasteiger partial charge in [-0.2, -0.15) is 11.8 Å². The molecular weight excluding hydrogens is 274 g/mol. The number of carbonyl (C=O) groups excluding carboxylic acids is 1. The van der Waals surface area contributed by atoms with Gasteiger partial charge in [0.2, 0.25) is 0 Å². The highest BCUT2D eigenvalue weighted by molar-refractivity contribution is 7.99. The first-order valence-electron chi connectivity index (χ1n) is 7.69. The van der Waals surface area contributed by atoms with Crippen molar-refractivity contribution in [3.8, 4) is 0 Å². The summed E-state index contributed by atoms with van der Waals surface area (Å²) in [4.78, 5) is 12.3. The van der Waals surface area contributed by atoms with Crippen molar-refractivity contribution >= 4 is 17.7 Å². The summed E-state index contributed by atoms with van der Waals surface area (Å²) in [5, 5.41) is 12.6. The quantitative estimate of drug-likeness (QED) is 0.640. The van der Waals surface area contributed by atoms with E-state index in [1.54, 1.807) is 0 Å². The molecule has 0 heterocycles. The largest absolute Gasteiger partial charge is 0.465 e. The molecule has 0 bridgehead atoms. The topological polar surface area (TPSA) is 58.6 Å². The first-order valence-corrected chi connectivity index (χ1v) is 8.74. The van der Waals surface area contributed by atoms with E-state index < -0.39 is 5.54 Å². The fraction of sp³-hybridized carbons (Fsp3) is 0.933. The molecule has 0 aliphatic heterocycles. The third-order valence-corrected chi connectivity index (χ3v) is 5.59. The van der Waals surface area contributed by atoms with Crippen LogP contribution < -0.4 is 5.32 Å². The van der Waals surface area contributed by atoms with E-state index in [4.69, 9.17) is 9.84 Å². The van der Waals surface area contributed by atoms with Crippen LogP contribution in [0.5, 0.6) is 0 Å². The summed E-state index contributed by atoms with van der Waals surface area (Å²) in [6.45, 7) is 4.70. The molecule has 1 aliphatic rings. The molecule has 0 amide bonds. The highest BCUT2D eigenvalue weighted by Crippen LogP contribution is 2.39. The number of nitrogens with one attached hydrogen (secondary N) is 1. The standard InChI is InChI=1S/C15H29NO3S/c1-4-19-14(18)15(16-3)9-5-6-13(15)8-11-20-12(2)7-10-17/h12-13,16-17H,4-11H2,1-3H3. The zero-order valence-electron chi connectivity index (χ0n) is 13.0. The molecule has 3 unspecified atom stereocenters. The maximum atomic E-state index is 12.3. The first-order chi connectivity index (χ1) is 9.60. The normalized spacial score (nSPS) is 27.5. The van der Waals surface area contributed by atoms with Crippen LogP contribution in [0.1, 0.15) is 46.0 Å². The number of likely N-dealkylation sites (N-methyl/N-ethyl adjacent to an activating group) is 1. The lowest BCUT2D eigenvalue weighted by Crippen LogP contribution is -2.54. The van der Waals surface area contributed by atoms with Crippen LogP contribution in [0.3, 0.4) is 0 Å². The molecular formula is C15H29NO3S. The van der Waals surface area contributed by atoms with E-state index in [-0.39, 0.29) is 12.6 Å². The third-order valence-electron chi connectivity index (χ3n) is 4.31. The van der Waals surface area contributed by atoms with Gasteiger partial charge in [0, 0.05) is 11.9 Å². The van der Waals surface area contributed by atoms with E-state index in [0.29, 0.717) is 17.8 Å². The monoisotopic (exact) mass is 303 g/mol. The molecule has 0 saturated heterocycles. The minimum atomic E-state index is -0.475. The van der Waals surface area contributed by atoms with Crippen molar-refractivity contribution < 1.29 is 14.6 Å². The second kappa shape index (κ2) is 8.90. The summed E-state index contributed by atoms with van der Waals surface area (Å²) in [6.07, 6.45) is 4.92. The van der Waals surface area contributed by atoms with Gasteiger partial charge in [0.15, 0.2) is 0 Å². The van der Waals surface area contributed by atoms with Crippen molar-refractivity contribution in [2.75, 3.05) is 26.0 Å². The van der Waals surface area contributed by atoms with E-state index in [2.05, 4.69) is 12.2 Å². The Balaban J connectivity index is 2.52. The molecule has 1 fully saturated rings. The van der Waals surface area contributed by atoms with E-state index in [9.17, 15) is 4.79 Å². The molecule has 1 saturated carbocycles. The lowest BCUT2D eigenvalue weighted by molar-refractivity contribution is -0.152. The van der Waals surface area contributed by atoms with Crippen LogP contribution in [0.15, 0.2) is 0 Å². The van der Waals surface area contributed by atoms with Crippen molar-refractivity contribution in [2.24, 2.45) is 5.92 Å². The minimum absolute atomic E-state index is 0.0848. The zero-order chi connectivity index (χ0) is 15.0. The van der Waals surface area contributed by atoms with Gasteiger partial charge in [-0.15, -0.1) is 0 Å². The molecule has 118 valence electrons. The first kappa shape index (κ1) is 17.8. The van der Waals surface area contributed by atoms with Gasteiger partial charge in [-0.25, -0.2) is 0 Å². The number of ether oxygens (including phenoxy) is 1. The van der Waals surface area contributed by atoms with Crippen molar-refractivity contribution in [1.29, 1.82) is 0 Å². The highest BCUT2D eigenvalue weighted by atomic mass is 32.2. The molecule has 0 aromatic carbocycles. The fourth-order valence-electron chi connectivity index (χ4n) is 3.10. The van der Waals surface area contributed by atoms with Crippen LogP contribution in [0.2, 0.25) is 0 Å². The molecule has 0 radical (unpaired) electrons. The zero-order valence-corrected chi connectivity index (χ0v) is 13.8. The number of rotatable bonds is 9. The number of esters is 1. The third kappa shape index (κ3) is 4.37. The van der Waals surface area contributed by atoms with Crippen molar-refractivity contribution in [3.63, 3.8) is 0 Å². The Labute approximate surface area is 127 Å². The number of carbonyl (C=O) groups is 1. The van der Waals surface area contributed by atoms with E-state index in [1.165, 1.54) is 0 Å². The maximum Gasteiger partial charge on any atom is 0.326 e. The molecule has 0 aromatic heterocycles. The lowest BCUT2D eigenvalue weighted by Gasteiger charge is -2.33. The van der Waals surface area contributed by atoms with Gasteiger partial charge in [0.1, 0.15) is 5.54 Å².